The van der Waals surface area contributed by atoms with Crippen molar-refractivity contribution in [3.8, 4) is 11.6 Å². The first kappa shape index (κ1) is 12.5. The van der Waals surface area contributed by atoms with Crippen molar-refractivity contribution in [1.82, 2.24) is 9.97 Å². The summed E-state index contributed by atoms with van der Waals surface area (Å²) < 4.78 is 5.68. The maximum absolute atomic E-state index is 5.68. The van der Waals surface area contributed by atoms with Gasteiger partial charge in [0.2, 0.25) is 5.88 Å². The lowest BCUT2D eigenvalue weighted by atomic mass is 10.0. The molecule has 1 heterocycles. The molecular weight excluding hydrogens is 226 g/mol. The molecule has 0 unspecified atom stereocenters. The fourth-order valence-corrected chi connectivity index (χ4v) is 1.61. The molecule has 0 aliphatic heterocycles. The van der Waals surface area contributed by atoms with Crippen molar-refractivity contribution in [3.05, 3.63) is 47.9 Å². The third kappa shape index (κ3) is 2.84. The molecule has 2 aromatic rings. The van der Waals surface area contributed by atoms with E-state index in [4.69, 9.17) is 10.5 Å². The molecule has 0 saturated heterocycles. The van der Waals surface area contributed by atoms with Gasteiger partial charge >= 0.3 is 0 Å². The number of rotatable bonds is 4. The largest absolute Gasteiger partial charge is 0.437 e. The summed E-state index contributed by atoms with van der Waals surface area (Å²) >= 11 is 0. The van der Waals surface area contributed by atoms with Gasteiger partial charge in [-0.1, -0.05) is 26.0 Å². The molecule has 0 fully saturated rings. The second kappa shape index (κ2) is 5.60. The van der Waals surface area contributed by atoms with Crippen molar-refractivity contribution in [3.63, 3.8) is 0 Å². The molecule has 0 atom stereocenters. The highest BCUT2D eigenvalue weighted by Gasteiger charge is 2.06. The van der Waals surface area contributed by atoms with Crippen LogP contribution in [0.4, 0.5) is 0 Å². The van der Waals surface area contributed by atoms with Crippen LogP contribution in [-0.4, -0.2) is 9.97 Å². The highest BCUT2D eigenvalue weighted by atomic mass is 16.5. The van der Waals surface area contributed by atoms with E-state index in [-0.39, 0.29) is 0 Å². The molecule has 0 spiro atoms. The molecule has 2 N–H and O–H groups in total. The maximum Gasteiger partial charge on any atom is 0.242 e. The molecule has 0 saturated carbocycles. The highest BCUT2D eigenvalue weighted by Crippen LogP contribution is 2.23. The summed E-state index contributed by atoms with van der Waals surface area (Å²) in [5.74, 6) is 1.72. The van der Waals surface area contributed by atoms with Crippen LogP contribution in [0.25, 0.3) is 0 Å². The van der Waals surface area contributed by atoms with Crippen LogP contribution in [0.2, 0.25) is 0 Å². The Bertz CT molecular complexity index is 509. The molecule has 1 aromatic heterocycles. The molecule has 0 amide bonds. The lowest BCUT2D eigenvalue weighted by Crippen LogP contribution is -2.03. The first-order chi connectivity index (χ1) is 8.70. The van der Waals surface area contributed by atoms with Crippen molar-refractivity contribution in [2.24, 2.45) is 5.73 Å². The van der Waals surface area contributed by atoms with Gasteiger partial charge in [0.1, 0.15) is 11.4 Å². The minimum atomic E-state index is 0.313. The minimum absolute atomic E-state index is 0.313. The van der Waals surface area contributed by atoms with Crippen molar-refractivity contribution in [2.75, 3.05) is 0 Å². The van der Waals surface area contributed by atoms with Crippen LogP contribution in [0.3, 0.4) is 0 Å². The SMILES string of the molecule is CC(C)c1ccc(Oc2nccnc2CN)cc1. The standard InChI is InChI=1S/C14H17N3O/c1-10(2)11-3-5-12(6-4-11)18-14-13(9-15)16-7-8-17-14/h3-8,10H,9,15H2,1-2H3. The highest BCUT2D eigenvalue weighted by molar-refractivity contribution is 5.32. The summed E-state index contributed by atoms with van der Waals surface area (Å²) in [5.41, 5.74) is 7.52. The van der Waals surface area contributed by atoms with Gasteiger partial charge < -0.3 is 10.5 Å². The van der Waals surface area contributed by atoms with Crippen LogP contribution >= 0.6 is 0 Å². The molecule has 0 aliphatic carbocycles. The number of hydrogen-bond donors (Lipinski definition) is 1. The Hall–Kier alpha value is -1.94. The van der Waals surface area contributed by atoms with Crippen LogP contribution in [0, 0.1) is 0 Å². The number of ether oxygens (including phenoxy) is 1. The molecule has 18 heavy (non-hydrogen) atoms. The van der Waals surface area contributed by atoms with E-state index in [2.05, 4.69) is 35.9 Å². The van der Waals surface area contributed by atoms with Crippen LogP contribution < -0.4 is 10.5 Å². The van der Waals surface area contributed by atoms with Gasteiger partial charge in [-0.15, -0.1) is 0 Å². The second-order valence-electron chi connectivity index (χ2n) is 4.34. The van der Waals surface area contributed by atoms with E-state index in [9.17, 15) is 0 Å². The van der Waals surface area contributed by atoms with Gasteiger partial charge in [0.15, 0.2) is 0 Å². The van der Waals surface area contributed by atoms with Gasteiger partial charge in [-0.3, -0.25) is 4.98 Å². The van der Waals surface area contributed by atoms with Crippen molar-refractivity contribution in [1.29, 1.82) is 0 Å². The summed E-state index contributed by atoms with van der Waals surface area (Å²) in [6.45, 7) is 4.63. The number of nitrogens with zero attached hydrogens (tertiary/aromatic N) is 2. The fourth-order valence-electron chi connectivity index (χ4n) is 1.61. The smallest absolute Gasteiger partial charge is 0.242 e. The molecular formula is C14H17N3O. The van der Waals surface area contributed by atoms with E-state index in [0.717, 1.165) is 5.75 Å². The van der Waals surface area contributed by atoms with Crippen LogP contribution in [0.1, 0.15) is 31.0 Å². The van der Waals surface area contributed by atoms with Crippen LogP contribution in [0.15, 0.2) is 36.7 Å². The maximum atomic E-state index is 5.68. The number of hydrogen-bond acceptors (Lipinski definition) is 4. The Morgan fingerprint density at radius 2 is 1.78 bits per heavy atom. The van der Waals surface area contributed by atoms with Gasteiger partial charge in [0.25, 0.3) is 0 Å². The van der Waals surface area contributed by atoms with E-state index >= 15 is 0 Å². The third-order valence-electron chi connectivity index (χ3n) is 2.69. The average Bonchev–Trinajstić information content (AvgIpc) is 2.40. The van der Waals surface area contributed by atoms with E-state index in [1.165, 1.54) is 5.56 Å². The zero-order valence-corrected chi connectivity index (χ0v) is 10.6. The van der Waals surface area contributed by atoms with Crippen molar-refractivity contribution >= 4 is 0 Å². The Morgan fingerprint density at radius 3 is 2.39 bits per heavy atom. The van der Waals surface area contributed by atoms with E-state index in [1.807, 2.05) is 12.1 Å². The predicted octanol–water partition coefficient (Wildman–Crippen LogP) is 2.85. The Balaban J connectivity index is 2.18. The number of nitrogens with two attached hydrogens (primary N) is 1. The number of aromatic nitrogens is 2. The van der Waals surface area contributed by atoms with Crippen LogP contribution in [-0.2, 0) is 6.54 Å². The summed E-state index contributed by atoms with van der Waals surface area (Å²) in [4.78, 5) is 8.26. The summed E-state index contributed by atoms with van der Waals surface area (Å²) in [7, 11) is 0. The molecule has 0 radical (unpaired) electrons. The molecule has 1 aromatic carbocycles. The van der Waals surface area contributed by atoms with Crippen molar-refractivity contribution in [2.45, 2.75) is 26.3 Å². The normalized spacial score (nSPS) is 10.7. The van der Waals surface area contributed by atoms with Gasteiger partial charge in [0, 0.05) is 18.9 Å². The Labute approximate surface area is 107 Å². The van der Waals surface area contributed by atoms with Gasteiger partial charge in [-0.2, -0.15) is 0 Å². The fraction of sp³-hybridized carbons (Fsp3) is 0.286. The Morgan fingerprint density at radius 1 is 1.11 bits per heavy atom. The van der Waals surface area contributed by atoms with E-state index in [0.29, 0.717) is 24.0 Å². The first-order valence-corrected chi connectivity index (χ1v) is 5.98. The quantitative estimate of drug-likeness (QED) is 0.897. The zero-order chi connectivity index (χ0) is 13.0. The number of benzene rings is 1. The van der Waals surface area contributed by atoms with Gasteiger partial charge in [-0.25, -0.2) is 4.98 Å². The topological polar surface area (TPSA) is 61.0 Å². The average molecular weight is 243 g/mol. The summed E-state index contributed by atoms with van der Waals surface area (Å²) in [6, 6.07) is 7.98. The molecule has 4 heteroatoms. The molecule has 2 rings (SSSR count). The summed E-state index contributed by atoms with van der Waals surface area (Å²) in [5, 5.41) is 0. The molecule has 4 nitrogen and oxygen atoms in total. The second-order valence-corrected chi connectivity index (χ2v) is 4.34. The molecule has 0 aliphatic rings. The van der Waals surface area contributed by atoms with Crippen LogP contribution in [0.5, 0.6) is 11.6 Å². The van der Waals surface area contributed by atoms with E-state index in [1.54, 1.807) is 12.4 Å². The van der Waals surface area contributed by atoms with Gasteiger partial charge in [0.05, 0.1) is 0 Å². The molecule has 0 bridgehead atoms. The van der Waals surface area contributed by atoms with Gasteiger partial charge in [-0.05, 0) is 23.6 Å². The predicted molar refractivity (Wildman–Crippen MR) is 70.5 cm³/mol. The monoisotopic (exact) mass is 243 g/mol. The summed E-state index contributed by atoms with van der Waals surface area (Å²) in [6.07, 6.45) is 3.20. The lowest BCUT2D eigenvalue weighted by Gasteiger charge is -2.09. The van der Waals surface area contributed by atoms with E-state index < -0.39 is 0 Å². The zero-order valence-electron chi connectivity index (χ0n) is 10.6. The van der Waals surface area contributed by atoms with Crippen molar-refractivity contribution < 1.29 is 4.74 Å². The first-order valence-electron chi connectivity index (χ1n) is 5.98. The third-order valence-corrected chi connectivity index (χ3v) is 2.69. The Kier molecular flexibility index (Phi) is 3.89. The minimum Gasteiger partial charge on any atom is -0.437 e. The lowest BCUT2D eigenvalue weighted by molar-refractivity contribution is 0.452. The molecule has 94 valence electrons.